The molecule has 3 heterocycles. The number of amides is 1. The molecule has 0 spiro atoms. The SMILES string of the molecule is CN1CCN(CC(=O)N2CCn3c(c(C4CCCCC4)c4ccc(C(=O)O)cc43)-c3ccc(F)cc3C2)CC1. The van der Waals surface area contributed by atoms with E-state index in [1.165, 1.54) is 30.9 Å². The van der Waals surface area contributed by atoms with Gasteiger partial charge in [-0.05, 0) is 67.3 Å². The normalized spacial score (nSPS) is 19.4. The van der Waals surface area contributed by atoms with Crippen molar-refractivity contribution in [2.24, 2.45) is 0 Å². The van der Waals surface area contributed by atoms with E-state index in [0.29, 0.717) is 32.1 Å². The van der Waals surface area contributed by atoms with Crippen LogP contribution < -0.4 is 0 Å². The molecule has 0 radical (unpaired) electrons. The summed E-state index contributed by atoms with van der Waals surface area (Å²) in [6, 6.07) is 10.4. The van der Waals surface area contributed by atoms with Crippen LogP contribution in [-0.2, 0) is 17.9 Å². The number of piperazine rings is 1. The summed E-state index contributed by atoms with van der Waals surface area (Å²) in [5.41, 5.74) is 5.21. The van der Waals surface area contributed by atoms with Gasteiger partial charge in [-0.3, -0.25) is 9.69 Å². The fourth-order valence-corrected chi connectivity index (χ4v) is 6.78. The fraction of sp³-hybridized carbons (Fsp3) is 0.484. The summed E-state index contributed by atoms with van der Waals surface area (Å²) >= 11 is 0. The number of carboxylic acid groups (broad SMARTS) is 1. The van der Waals surface area contributed by atoms with Crippen LogP contribution in [0.4, 0.5) is 4.39 Å². The number of halogens is 1. The molecule has 3 aliphatic rings. The molecule has 1 aromatic heterocycles. The van der Waals surface area contributed by atoms with Crippen LogP contribution in [0.25, 0.3) is 22.2 Å². The third-order valence-corrected chi connectivity index (χ3v) is 8.95. The Morgan fingerprint density at radius 3 is 2.46 bits per heavy atom. The van der Waals surface area contributed by atoms with Crippen LogP contribution in [-0.4, -0.2) is 82.6 Å². The van der Waals surface area contributed by atoms with Crippen LogP contribution in [0.1, 0.15) is 59.5 Å². The smallest absolute Gasteiger partial charge is 0.335 e. The third-order valence-electron chi connectivity index (χ3n) is 8.95. The Kier molecular flexibility index (Phi) is 7.16. The van der Waals surface area contributed by atoms with Crippen LogP contribution in [0.2, 0.25) is 0 Å². The Balaban J connectivity index is 1.45. The number of carbonyl (C=O) groups is 2. The summed E-state index contributed by atoms with van der Waals surface area (Å²) in [6.07, 6.45) is 5.78. The van der Waals surface area contributed by atoms with Crippen LogP contribution in [0, 0.1) is 5.82 Å². The van der Waals surface area contributed by atoms with E-state index in [4.69, 9.17) is 0 Å². The Morgan fingerprint density at radius 2 is 1.72 bits per heavy atom. The van der Waals surface area contributed by atoms with Crippen LogP contribution in [0.3, 0.4) is 0 Å². The highest BCUT2D eigenvalue weighted by Crippen LogP contribution is 2.45. The molecule has 3 aromatic rings. The molecule has 0 atom stereocenters. The maximum atomic E-state index is 14.7. The van der Waals surface area contributed by atoms with Crippen LogP contribution in [0.15, 0.2) is 36.4 Å². The van der Waals surface area contributed by atoms with Gasteiger partial charge in [0.1, 0.15) is 5.82 Å². The molecule has 2 aromatic carbocycles. The molecule has 1 saturated heterocycles. The van der Waals surface area contributed by atoms with E-state index in [1.54, 1.807) is 18.2 Å². The maximum absolute atomic E-state index is 14.7. The minimum atomic E-state index is -0.955. The van der Waals surface area contributed by atoms with Gasteiger partial charge in [-0.25, -0.2) is 9.18 Å². The van der Waals surface area contributed by atoms with Crippen molar-refractivity contribution in [3.63, 3.8) is 0 Å². The van der Waals surface area contributed by atoms with E-state index in [2.05, 4.69) is 21.4 Å². The van der Waals surface area contributed by atoms with Crippen LogP contribution >= 0.6 is 0 Å². The number of aromatic nitrogens is 1. The van der Waals surface area contributed by atoms with Gasteiger partial charge in [-0.2, -0.15) is 0 Å². The standard InChI is InChI=1S/C31H37FN4O3/c1-33-11-13-34(14-12-33)20-28(37)35-15-16-36-27-18-22(31(38)39)7-9-26(27)29(21-5-3-2-4-6-21)30(36)25-10-8-24(32)17-23(25)19-35/h7-10,17-18,21H,2-6,11-16,19-20H2,1H3,(H,38,39). The van der Waals surface area contributed by atoms with E-state index in [0.717, 1.165) is 66.7 Å². The van der Waals surface area contributed by atoms with E-state index in [-0.39, 0.29) is 17.3 Å². The lowest BCUT2D eigenvalue weighted by atomic mass is 9.81. The van der Waals surface area contributed by atoms with Gasteiger partial charge >= 0.3 is 5.97 Å². The minimum Gasteiger partial charge on any atom is -0.478 e. The van der Waals surface area contributed by atoms with E-state index in [9.17, 15) is 19.1 Å². The summed E-state index contributed by atoms with van der Waals surface area (Å²) in [5, 5.41) is 10.8. The second-order valence-electron chi connectivity index (χ2n) is 11.5. The first-order valence-corrected chi connectivity index (χ1v) is 14.3. The summed E-state index contributed by atoms with van der Waals surface area (Å²) in [5.74, 6) is -0.839. The van der Waals surface area contributed by atoms with Crippen molar-refractivity contribution < 1.29 is 19.1 Å². The predicted octanol–water partition coefficient (Wildman–Crippen LogP) is 4.78. The number of hydrogen-bond donors (Lipinski definition) is 1. The van der Waals surface area contributed by atoms with E-state index in [1.807, 2.05) is 17.0 Å². The highest BCUT2D eigenvalue weighted by Gasteiger charge is 2.31. The Bertz CT molecular complexity index is 1400. The Hall–Kier alpha value is -3.23. The number of carboxylic acids is 1. The van der Waals surface area contributed by atoms with Gasteiger partial charge in [0.05, 0.1) is 17.8 Å². The van der Waals surface area contributed by atoms with Gasteiger partial charge in [-0.1, -0.05) is 25.3 Å². The molecule has 1 amide bonds. The zero-order chi connectivity index (χ0) is 27.1. The molecule has 0 bridgehead atoms. The van der Waals surface area contributed by atoms with Crippen molar-refractivity contribution in [2.75, 3.05) is 46.3 Å². The Morgan fingerprint density at radius 1 is 0.949 bits per heavy atom. The number of rotatable bonds is 4. The predicted molar refractivity (Wildman–Crippen MR) is 149 cm³/mol. The molecule has 2 aliphatic heterocycles. The topological polar surface area (TPSA) is 69.0 Å². The van der Waals surface area contributed by atoms with Gasteiger partial charge in [0.2, 0.25) is 5.91 Å². The van der Waals surface area contributed by atoms with Crippen molar-refractivity contribution in [1.82, 2.24) is 19.3 Å². The molecule has 1 aliphatic carbocycles. The molecule has 7 nitrogen and oxygen atoms in total. The third kappa shape index (κ3) is 5.08. The average molecular weight is 533 g/mol. The molecule has 206 valence electrons. The average Bonchev–Trinajstić information content (AvgIpc) is 3.24. The van der Waals surface area contributed by atoms with Crippen molar-refractivity contribution >= 4 is 22.8 Å². The Labute approximate surface area is 228 Å². The second kappa shape index (κ2) is 10.7. The molecular formula is C31H37FN4O3. The molecule has 0 unspecified atom stereocenters. The number of fused-ring (bicyclic) bond motifs is 5. The summed E-state index contributed by atoms with van der Waals surface area (Å²) in [4.78, 5) is 31.8. The second-order valence-corrected chi connectivity index (χ2v) is 11.5. The monoisotopic (exact) mass is 532 g/mol. The lowest BCUT2D eigenvalue weighted by molar-refractivity contribution is -0.133. The van der Waals surface area contributed by atoms with Crippen LogP contribution in [0.5, 0.6) is 0 Å². The number of benzene rings is 2. The van der Waals surface area contributed by atoms with Gasteiger partial charge < -0.3 is 19.5 Å². The number of aromatic carboxylic acids is 1. The summed E-state index contributed by atoms with van der Waals surface area (Å²) in [7, 11) is 2.10. The van der Waals surface area contributed by atoms with Gasteiger partial charge in [0.15, 0.2) is 0 Å². The van der Waals surface area contributed by atoms with Gasteiger partial charge in [0, 0.05) is 62.3 Å². The molecule has 6 rings (SSSR count). The van der Waals surface area contributed by atoms with Gasteiger partial charge in [-0.15, -0.1) is 0 Å². The zero-order valence-corrected chi connectivity index (χ0v) is 22.7. The number of carbonyl (C=O) groups excluding carboxylic acids is 1. The van der Waals surface area contributed by atoms with Crippen molar-refractivity contribution in [3.8, 4) is 11.3 Å². The molecule has 2 fully saturated rings. The van der Waals surface area contributed by atoms with Crippen molar-refractivity contribution in [1.29, 1.82) is 0 Å². The first kappa shape index (κ1) is 26.0. The molecule has 39 heavy (non-hydrogen) atoms. The lowest BCUT2D eigenvalue weighted by Crippen LogP contribution is -2.49. The fourth-order valence-electron chi connectivity index (χ4n) is 6.78. The zero-order valence-electron chi connectivity index (χ0n) is 22.7. The number of hydrogen-bond acceptors (Lipinski definition) is 4. The number of likely N-dealkylation sites (N-methyl/N-ethyl adjacent to an activating group) is 1. The summed E-state index contributed by atoms with van der Waals surface area (Å²) < 4.78 is 16.9. The van der Waals surface area contributed by atoms with Crippen molar-refractivity contribution in [3.05, 3.63) is 58.9 Å². The highest BCUT2D eigenvalue weighted by molar-refractivity contribution is 5.98. The lowest BCUT2D eigenvalue weighted by Gasteiger charge is -2.34. The molecular weight excluding hydrogens is 495 g/mol. The van der Waals surface area contributed by atoms with E-state index < -0.39 is 5.97 Å². The molecule has 8 heteroatoms. The first-order valence-electron chi connectivity index (χ1n) is 14.3. The minimum absolute atomic E-state index is 0.0494. The summed E-state index contributed by atoms with van der Waals surface area (Å²) in [6.45, 7) is 5.37. The quantitative estimate of drug-likeness (QED) is 0.524. The molecule has 1 N–H and O–H groups in total. The van der Waals surface area contributed by atoms with Gasteiger partial charge in [0.25, 0.3) is 0 Å². The molecule has 1 saturated carbocycles. The first-order chi connectivity index (χ1) is 18.9. The highest BCUT2D eigenvalue weighted by atomic mass is 19.1. The maximum Gasteiger partial charge on any atom is 0.335 e. The van der Waals surface area contributed by atoms with Crippen molar-refractivity contribution in [2.45, 2.75) is 51.1 Å². The number of nitrogens with zero attached hydrogens (tertiary/aromatic N) is 4. The van der Waals surface area contributed by atoms with E-state index >= 15 is 0 Å². The largest absolute Gasteiger partial charge is 0.478 e.